The molecule has 1 aliphatic rings. The Bertz CT molecular complexity index is 267. The van der Waals surface area contributed by atoms with E-state index in [0.29, 0.717) is 6.61 Å². The van der Waals surface area contributed by atoms with Crippen LogP contribution in [0.2, 0.25) is 0 Å². The molecular formula is C14H28N2O3. The highest BCUT2D eigenvalue weighted by Crippen LogP contribution is 2.14. The number of esters is 1. The second kappa shape index (κ2) is 8.51. The Kier molecular flexibility index (Phi) is 7.34. The molecule has 5 nitrogen and oxygen atoms in total. The van der Waals surface area contributed by atoms with Gasteiger partial charge in [0.15, 0.2) is 0 Å². The topological polar surface area (TPSA) is 50.8 Å². The Morgan fingerprint density at radius 3 is 2.63 bits per heavy atom. The lowest BCUT2D eigenvalue weighted by Crippen LogP contribution is -2.53. The average molecular weight is 272 g/mol. The molecule has 1 fully saturated rings. The summed E-state index contributed by atoms with van der Waals surface area (Å²) in [6, 6.07) is 0. The van der Waals surface area contributed by atoms with Gasteiger partial charge in [-0.2, -0.15) is 0 Å². The number of hydrogen-bond acceptors (Lipinski definition) is 5. The van der Waals surface area contributed by atoms with Crippen molar-refractivity contribution in [1.29, 1.82) is 0 Å². The molecule has 112 valence electrons. The van der Waals surface area contributed by atoms with Gasteiger partial charge in [-0.1, -0.05) is 6.92 Å². The van der Waals surface area contributed by atoms with Crippen molar-refractivity contribution in [2.75, 3.05) is 46.0 Å². The van der Waals surface area contributed by atoms with Crippen LogP contribution in [0.5, 0.6) is 0 Å². The van der Waals surface area contributed by atoms with Crippen molar-refractivity contribution in [3.05, 3.63) is 0 Å². The molecule has 0 saturated carbocycles. The van der Waals surface area contributed by atoms with Crippen LogP contribution < -0.4 is 5.32 Å². The van der Waals surface area contributed by atoms with Gasteiger partial charge in [0.1, 0.15) is 5.54 Å². The maximum atomic E-state index is 12.1. The Balaban J connectivity index is 2.49. The van der Waals surface area contributed by atoms with Crippen LogP contribution in [0.15, 0.2) is 0 Å². The zero-order valence-corrected chi connectivity index (χ0v) is 12.5. The molecule has 0 aromatic heterocycles. The van der Waals surface area contributed by atoms with E-state index in [1.165, 1.54) is 0 Å². The van der Waals surface area contributed by atoms with Crippen molar-refractivity contribution in [2.24, 2.45) is 0 Å². The van der Waals surface area contributed by atoms with Crippen molar-refractivity contribution in [3.8, 4) is 0 Å². The lowest BCUT2D eigenvalue weighted by molar-refractivity contribution is -0.151. The highest BCUT2D eigenvalue weighted by atomic mass is 16.5. The summed E-state index contributed by atoms with van der Waals surface area (Å²) < 4.78 is 10.5. The lowest BCUT2D eigenvalue weighted by atomic mass is 9.97. The standard InChI is InChI=1S/C14H28N2O3/c1-4-7-15-14(3,13(17)19-5-2)6-8-16-9-11-18-12-10-16/h15H,4-12H2,1-3H3. The smallest absolute Gasteiger partial charge is 0.326 e. The maximum Gasteiger partial charge on any atom is 0.326 e. The molecule has 0 aromatic carbocycles. The molecule has 0 aromatic rings. The first-order valence-electron chi connectivity index (χ1n) is 7.34. The summed E-state index contributed by atoms with van der Waals surface area (Å²) in [6.07, 6.45) is 1.78. The summed E-state index contributed by atoms with van der Waals surface area (Å²) >= 11 is 0. The largest absolute Gasteiger partial charge is 0.465 e. The van der Waals surface area contributed by atoms with Crippen molar-refractivity contribution in [1.82, 2.24) is 10.2 Å². The van der Waals surface area contributed by atoms with E-state index < -0.39 is 5.54 Å². The molecule has 19 heavy (non-hydrogen) atoms. The highest BCUT2D eigenvalue weighted by Gasteiger charge is 2.34. The van der Waals surface area contributed by atoms with Gasteiger partial charge >= 0.3 is 5.97 Å². The molecule has 1 heterocycles. The van der Waals surface area contributed by atoms with E-state index in [-0.39, 0.29) is 5.97 Å². The molecular weight excluding hydrogens is 244 g/mol. The predicted molar refractivity (Wildman–Crippen MR) is 75.2 cm³/mol. The zero-order valence-electron chi connectivity index (χ0n) is 12.5. The van der Waals surface area contributed by atoms with Crippen molar-refractivity contribution >= 4 is 5.97 Å². The summed E-state index contributed by atoms with van der Waals surface area (Å²) in [5.74, 6) is -0.142. The monoisotopic (exact) mass is 272 g/mol. The van der Waals surface area contributed by atoms with E-state index in [0.717, 1.165) is 52.2 Å². The van der Waals surface area contributed by atoms with Gasteiger partial charge in [0.05, 0.1) is 19.8 Å². The van der Waals surface area contributed by atoms with Crippen LogP contribution >= 0.6 is 0 Å². The number of morpholine rings is 1. The third kappa shape index (κ3) is 5.47. The van der Waals surface area contributed by atoms with Crippen molar-refractivity contribution in [3.63, 3.8) is 0 Å². The first-order chi connectivity index (χ1) is 9.12. The van der Waals surface area contributed by atoms with Gasteiger partial charge < -0.3 is 14.8 Å². The number of ether oxygens (including phenoxy) is 2. The van der Waals surface area contributed by atoms with Gasteiger partial charge in [0.25, 0.3) is 0 Å². The van der Waals surface area contributed by atoms with E-state index >= 15 is 0 Å². The second-order valence-electron chi connectivity index (χ2n) is 5.18. The van der Waals surface area contributed by atoms with E-state index in [4.69, 9.17) is 9.47 Å². The Hall–Kier alpha value is -0.650. The minimum absolute atomic E-state index is 0.142. The molecule has 1 saturated heterocycles. The molecule has 0 bridgehead atoms. The summed E-state index contributed by atoms with van der Waals surface area (Å²) in [5.41, 5.74) is -0.579. The average Bonchev–Trinajstić information content (AvgIpc) is 2.44. The molecule has 0 amide bonds. The van der Waals surface area contributed by atoms with Gasteiger partial charge in [-0.05, 0) is 33.2 Å². The summed E-state index contributed by atoms with van der Waals surface area (Å²) in [6.45, 7) is 11.5. The van der Waals surface area contributed by atoms with E-state index in [9.17, 15) is 4.79 Å². The third-order valence-corrected chi connectivity index (χ3v) is 3.52. The van der Waals surface area contributed by atoms with Crippen LogP contribution in [-0.4, -0.2) is 62.4 Å². The first kappa shape index (κ1) is 16.4. The Labute approximate surface area is 116 Å². The molecule has 0 aliphatic carbocycles. The van der Waals surface area contributed by atoms with Crippen LogP contribution in [0.4, 0.5) is 0 Å². The molecule has 1 unspecified atom stereocenters. The second-order valence-corrected chi connectivity index (χ2v) is 5.18. The molecule has 1 rings (SSSR count). The van der Waals surface area contributed by atoms with Crippen molar-refractivity contribution in [2.45, 2.75) is 39.2 Å². The zero-order chi connectivity index (χ0) is 14.1. The Morgan fingerprint density at radius 1 is 1.37 bits per heavy atom. The molecule has 1 atom stereocenters. The van der Waals surface area contributed by atoms with E-state index in [1.54, 1.807) is 0 Å². The number of rotatable bonds is 8. The molecule has 1 aliphatic heterocycles. The number of carbonyl (C=O) groups is 1. The van der Waals surface area contributed by atoms with Gasteiger partial charge in [0.2, 0.25) is 0 Å². The minimum Gasteiger partial charge on any atom is -0.465 e. The fourth-order valence-electron chi connectivity index (χ4n) is 2.16. The quantitative estimate of drug-likeness (QED) is 0.669. The molecule has 0 radical (unpaired) electrons. The summed E-state index contributed by atoms with van der Waals surface area (Å²) in [5, 5.41) is 3.34. The van der Waals surface area contributed by atoms with Gasteiger partial charge in [0, 0.05) is 19.6 Å². The van der Waals surface area contributed by atoms with Crippen LogP contribution in [0.3, 0.4) is 0 Å². The van der Waals surface area contributed by atoms with Gasteiger partial charge in [-0.25, -0.2) is 0 Å². The number of nitrogens with one attached hydrogen (secondary N) is 1. The number of nitrogens with zero attached hydrogens (tertiary/aromatic N) is 1. The minimum atomic E-state index is -0.579. The highest BCUT2D eigenvalue weighted by molar-refractivity contribution is 5.80. The third-order valence-electron chi connectivity index (χ3n) is 3.52. The van der Waals surface area contributed by atoms with Gasteiger partial charge in [-0.15, -0.1) is 0 Å². The summed E-state index contributed by atoms with van der Waals surface area (Å²) in [7, 11) is 0. The SMILES string of the molecule is CCCNC(C)(CCN1CCOCC1)C(=O)OCC. The van der Waals surface area contributed by atoms with Crippen LogP contribution in [0, 0.1) is 0 Å². The molecule has 0 spiro atoms. The van der Waals surface area contributed by atoms with E-state index in [1.807, 2.05) is 13.8 Å². The lowest BCUT2D eigenvalue weighted by Gasteiger charge is -2.33. The normalized spacial score (nSPS) is 19.9. The van der Waals surface area contributed by atoms with Crippen molar-refractivity contribution < 1.29 is 14.3 Å². The number of hydrogen-bond donors (Lipinski definition) is 1. The van der Waals surface area contributed by atoms with Gasteiger partial charge in [-0.3, -0.25) is 9.69 Å². The predicted octanol–water partition coefficient (Wildman–Crippen LogP) is 1.03. The van der Waals surface area contributed by atoms with Crippen LogP contribution in [0.1, 0.15) is 33.6 Å². The molecule has 1 N–H and O–H groups in total. The maximum absolute atomic E-state index is 12.1. The molecule has 5 heteroatoms. The first-order valence-corrected chi connectivity index (χ1v) is 7.34. The summed E-state index contributed by atoms with van der Waals surface area (Å²) in [4.78, 5) is 14.5. The van der Waals surface area contributed by atoms with Crippen LogP contribution in [-0.2, 0) is 14.3 Å². The Morgan fingerprint density at radius 2 is 2.05 bits per heavy atom. The number of carbonyl (C=O) groups excluding carboxylic acids is 1. The fourth-order valence-corrected chi connectivity index (χ4v) is 2.16. The fraction of sp³-hybridized carbons (Fsp3) is 0.929. The van der Waals surface area contributed by atoms with E-state index in [2.05, 4.69) is 17.1 Å². The van der Waals surface area contributed by atoms with Crippen LogP contribution in [0.25, 0.3) is 0 Å².